The molecule has 2 aromatic rings. The molecule has 0 heterocycles. The van der Waals surface area contributed by atoms with E-state index in [1.807, 2.05) is 18.2 Å². The van der Waals surface area contributed by atoms with E-state index < -0.39 is 0 Å². The molecule has 2 rings (SSSR count). The first-order chi connectivity index (χ1) is 10.4. The van der Waals surface area contributed by atoms with Crippen LogP contribution in [-0.4, -0.2) is 20.5 Å². The highest BCUT2D eigenvalue weighted by Gasteiger charge is 2.15. The van der Waals surface area contributed by atoms with Crippen LogP contribution in [0.15, 0.2) is 36.4 Å². The summed E-state index contributed by atoms with van der Waals surface area (Å²) in [7, 11) is 3.15. The van der Waals surface area contributed by atoms with E-state index in [9.17, 15) is 4.79 Å². The van der Waals surface area contributed by atoms with Crippen LogP contribution in [0.25, 0.3) is 11.1 Å². The summed E-state index contributed by atoms with van der Waals surface area (Å²) in [4.78, 5) is 11.4. The number of ether oxygens (including phenoxy) is 2. The Kier molecular flexibility index (Phi) is 4.55. The Morgan fingerprint density at radius 2 is 1.45 bits per heavy atom. The molecule has 0 amide bonds. The molecule has 0 N–H and O–H groups in total. The zero-order valence-corrected chi connectivity index (χ0v) is 13.8. The van der Waals surface area contributed by atoms with Crippen LogP contribution in [-0.2, 0) is 5.41 Å². The van der Waals surface area contributed by atoms with Crippen LogP contribution in [0.3, 0.4) is 0 Å². The highest BCUT2D eigenvalue weighted by atomic mass is 16.5. The minimum absolute atomic E-state index is 0.101. The van der Waals surface area contributed by atoms with Gasteiger partial charge in [-0.1, -0.05) is 45.0 Å². The number of methoxy groups -OCH3 is 2. The van der Waals surface area contributed by atoms with Crippen molar-refractivity contribution in [3.63, 3.8) is 0 Å². The fourth-order valence-corrected chi connectivity index (χ4v) is 2.39. The lowest BCUT2D eigenvalue weighted by Crippen LogP contribution is -2.10. The summed E-state index contributed by atoms with van der Waals surface area (Å²) in [5.41, 5.74) is 3.76. The van der Waals surface area contributed by atoms with Gasteiger partial charge in [-0.25, -0.2) is 0 Å². The van der Waals surface area contributed by atoms with Crippen LogP contribution in [0.5, 0.6) is 11.5 Å². The third kappa shape index (κ3) is 3.14. The second kappa shape index (κ2) is 6.22. The van der Waals surface area contributed by atoms with E-state index in [-0.39, 0.29) is 5.41 Å². The first kappa shape index (κ1) is 16.1. The van der Waals surface area contributed by atoms with E-state index in [0.717, 1.165) is 17.4 Å². The molecule has 0 fully saturated rings. The van der Waals surface area contributed by atoms with Crippen LogP contribution in [0.2, 0.25) is 0 Å². The van der Waals surface area contributed by atoms with Gasteiger partial charge in [-0.3, -0.25) is 4.79 Å². The molecule has 0 bridgehead atoms. The number of aldehydes is 1. The Morgan fingerprint density at radius 1 is 0.909 bits per heavy atom. The van der Waals surface area contributed by atoms with Crippen molar-refractivity contribution in [2.75, 3.05) is 14.2 Å². The Balaban J connectivity index is 2.54. The molecule has 0 radical (unpaired) electrons. The summed E-state index contributed by atoms with van der Waals surface area (Å²) >= 11 is 0. The summed E-state index contributed by atoms with van der Waals surface area (Å²) < 4.78 is 10.6. The monoisotopic (exact) mass is 298 g/mol. The smallest absolute Gasteiger partial charge is 0.161 e. The largest absolute Gasteiger partial charge is 0.493 e. The highest BCUT2D eigenvalue weighted by molar-refractivity contribution is 5.89. The number of carbonyl (C=O) groups is 1. The molecule has 0 aromatic heterocycles. The normalized spacial score (nSPS) is 11.1. The summed E-state index contributed by atoms with van der Waals surface area (Å²) in [6.07, 6.45) is 0.842. The fourth-order valence-electron chi connectivity index (χ4n) is 2.39. The average molecular weight is 298 g/mol. The topological polar surface area (TPSA) is 35.5 Å². The van der Waals surface area contributed by atoms with Gasteiger partial charge in [-0.05, 0) is 34.2 Å². The molecule has 0 spiro atoms. The van der Waals surface area contributed by atoms with Crippen molar-refractivity contribution in [1.82, 2.24) is 0 Å². The number of carbonyl (C=O) groups excluding carboxylic acids is 1. The van der Waals surface area contributed by atoms with Crippen molar-refractivity contribution in [2.24, 2.45) is 0 Å². The molecule has 0 atom stereocenters. The third-order valence-electron chi connectivity index (χ3n) is 3.74. The molecule has 3 heteroatoms. The summed E-state index contributed by atoms with van der Waals surface area (Å²) in [5, 5.41) is 0. The second-order valence-electron chi connectivity index (χ2n) is 6.24. The molecule has 116 valence electrons. The van der Waals surface area contributed by atoms with E-state index in [4.69, 9.17) is 9.47 Å². The van der Waals surface area contributed by atoms with Crippen molar-refractivity contribution >= 4 is 6.29 Å². The quantitative estimate of drug-likeness (QED) is 0.781. The number of benzene rings is 2. The van der Waals surface area contributed by atoms with E-state index in [1.165, 1.54) is 5.56 Å². The van der Waals surface area contributed by atoms with Gasteiger partial charge in [0.25, 0.3) is 0 Å². The van der Waals surface area contributed by atoms with Crippen molar-refractivity contribution in [2.45, 2.75) is 26.2 Å². The minimum Gasteiger partial charge on any atom is -0.493 e. The van der Waals surface area contributed by atoms with Crippen molar-refractivity contribution < 1.29 is 14.3 Å². The first-order valence-corrected chi connectivity index (χ1v) is 7.23. The van der Waals surface area contributed by atoms with Gasteiger partial charge in [0.05, 0.1) is 14.2 Å². The zero-order valence-electron chi connectivity index (χ0n) is 13.8. The Labute approximate surface area is 131 Å². The number of hydrogen-bond acceptors (Lipinski definition) is 3. The number of hydrogen-bond donors (Lipinski definition) is 0. The highest BCUT2D eigenvalue weighted by Crippen LogP contribution is 2.35. The van der Waals surface area contributed by atoms with Gasteiger partial charge in [-0.15, -0.1) is 0 Å². The van der Waals surface area contributed by atoms with E-state index >= 15 is 0 Å². The molecular weight excluding hydrogens is 276 g/mol. The Bertz CT molecular complexity index is 664. The average Bonchev–Trinajstić information content (AvgIpc) is 2.52. The minimum atomic E-state index is 0.101. The molecule has 0 aliphatic heterocycles. The van der Waals surface area contributed by atoms with Gasteiger partial charge in [-0.2, -0.15) is 0 Å². The van der Waals surface area contributed by atoms with Crippen LogP contribution in [0.4, 0.5) is 0 Å². The van der Waals surface area contributed by atoms with E-state index in [0.29, 0.717) is 17.1 Å². The lowest BCUT2D eigenvalue weighted by molar-refractivity contribution is 0.112. The zero-order chi connectivity index (χ0) is 16.3. The Hall–Kier alpha value is -2.29. The standard InChI is InChI=1S/C19H22O3/c1-19(2,3)15-8-6-13(7-9-15)16-11-18(22-5)17(21-4)10-14(16)12-20/h6-12H,1-5H3. The molecule has 2 aromatic carbocycles. The van der Waals surface area contributed by atoms with E-state index in [2.05, 4.69) is 32.9 Å². The lowest BCUT2D eigenvalue weighted by atomic mass is 9.86. The lowest BCUT2D eigenvalue weighted by Gasteiger charge is -2.19. The summed E-state index contributed by atoms with van der Waals surface area (Å²) in [6.45, 7) is 6.53. The van der Waals surface area contributed by atoms with Gasteiger partial charge in [0.2, 0.25) is 0 Å². The maximum Gasteiger partial charge on any atom is 0.161 e. The molecule has 0 aliphatic carbocycles. The maximum atomic E-state index is 11.4. The van der Waals surface area contributed by atoms with Crippen LogP contribution < -0.4 is 9.47 Å². The SMILES string of the molecule is COc1cc(C=O)c(-c2ccc(C(C)(C)C)cc2)cc1OC. The van der Waals surface area contributed by atoms with Gasteiger partial charge in [0.15, 0.2) is 17.8 Å². The van der Waals surface area contributed by atoms with Crippen molar-refractivity contribution in [3.8, 4) is 22.6 Å². The summed E-state index contributed by atoms with van der Waals surface area (Å²) in [5.74, 6) is 1.17. The first-order valence-electron chi connectivity index (χ1n) is 7.23. The summed E-state index contributed by atoms with van der Waals surface area (Å²) in [6, 6.07) is 11.8. The van der Waals surface area contributed by atoms with Gasteiger partial charge in [0, 0.05) is 5.56 Å². The molecule has 0 unspecified atom stereocenters. The van der Waals surface area contributed by atoms with E-state index in [1.54, 1.807) is 20.3 Å². The molecule has 22 heavy (non-hydrogen) atoms. The predicted molar refractivity (Wildman–Crippen MR) is 89.1 cm³/mol. The predicted octanol–water partition coefficient (Wildman–Crippen LogP) is 4.48. The molecule has 0 saturated heterocycles. The number of rotatable bonds is 4. The fraction of sp³-hybridized carbons (Fsp3) is 0.316. The van der Waals surface area contributed by atoms with Crippen molar-refractivity contribution in [1.29, 1.82) is 0 Å². The Morgan fingerprint density at radius 3 is 1.91 bits per heavy atom. The molecular formula is C19H22O3. The van der Waals surface area contributed by atoms with Crippen LogP contribution in [0, 0.1) is 0 Å². The van der Waals surface area contributed by atoms with Gasteiger partial charge in [0.1, 0.15) is 0 Å². The van der Waals surface area contributed by atoms with Crippen LogP contribution in [0.1, 0.15) is 36.7 Å². The molecule has 0 aliphatic rings. The van der Waals surface area contributed by atoms with Crippen LogP contribution >= 0.6 is 0 Å². The second-order valence-corrected chi connectivity index (χ2v) is 6.24. The third-order valence-corrected chi connectivity index (χ3v) is 3.74. The van der Waals surface area contributed by atoms with Gasteiger partial charge < -0.3 is 9.47 Å². The molecule has 3 nitrogen and oxygen atoms in total. The van der Waals surface area contributed by atoms with Gasteiger partial charge >= 0.3 is 0 Å². The molecule has 0 saturated carbocycles. The van der Waals surface area contributed by atoms with Crippen molar-refractivity contribution in [3.05, 3.63) is 47.5 Å². The maximum absolute atomic E-state index is 11.4.